The molecule has 0 amide bonds. The Morgan fingerprint density at radius 2 is 2.40 bits per heavy atom. The third-order valence-corrected chi connectivity index (χ3v) is 3.24. The highest BCUT2D eigenvalue weighted by atomic mass is 16.5. The van der Waals surface area contributed by atoms with Crippen LogP contribution in [0.15, 0.2) is 4.52 Å². The number of nitrogens with zero attached hydrogens (tertiary/aromatic N) is 2. The highest BCUT2D eigenvalue weighted by Crippen LogP contribution is 2.23. The van der Waals surface area contributed by atoms with Crippen LogP contribution in [0, 0.1) is 0 Å². The third kappa shape index (κ3) is 1.92. The number of hydrogen-bond donors (Lipinski definition) is 1. The van der Waals surface area contributed by atoms with Gasteiger partial charge in [0, 0.05) is 37.7 Å². The van der Waals surface area contributed by atoms with Crippen molar-refractivity contribution in [3.8, 4) is 0 Å². The van der Waals surface area contributed by atoms with E-state index in [9.17, 15) is 0 Å². The minimum Gasteiger partial charge on any atom is -0.361 e. The van der Waals surface area contributed by atoms with Crippen molar-refractivity contribution in [3.63, 3.8) is 0 Å². The molecule has 0 bridgehead atoms. The fraction of sp³-hybridized carbons (Fsp3) is 0.727. The molecule has 1 saturated carbocycles. The predicted octanol–water partition coefficient (Wildman–Crippen LogP) is 0.914. The number of likely N-dealkylation sites (N-methyl/N-ethyl adjacent to an activating group) is 1. The van der Waals surface area contributed by atoms with Crippen molar-refractivity contribution in [3.05, 3.63) is 17.0 Å². The standard InChI is InChI=1S/C11H17N3O/c1-14-5-4-11-9(7-14)10(13-15-11)6-12-8-2-3-8/h8,12H,2-7H2,1H3. The van der Waals surface area contributed by atoms with Gasteiger partial charge in [-0.25, -0.2) is 0 Å². The molecule has 1 aliphatic heterocycles. The molecule has 1 fully saturated rings. The van der Waals surface area contributed by atoms with Crippen LogP contribution in [0.2, 0.25) is 0 Å². The van der Waals surface area contributed by atoms with Gasteiger partial charge in [0.15, 0.2) is 0 Å². The second-order valence-corrected chi connectivity index (χ2v) is 4.67. The van der Waals surface area contributed by atoms with Crippen molar-refractivity contribution in [2.75, 3.05) is 13.6 Å². The molecule has 15 heavy (non-hydrogen) atoms. The number of fused-ring (bicyclic) bond motifs is 1. The summed E-state index contributed by atoms with van der Waals surface area (Å²) in [6.07, 6.45) is 3.64. The lowest BCUT2D eigenvalue weighted by atomic mass is 10.1. The van der Waals surface area contributed by atoms with Crippen LogP contribution in [0.1, 0.15) is 29.9 Å². The fourth-order valence-electron chi connectivity index (χ4n) is 2.07. The molecule has 2 heterocycles. The zero-order valence-electron chi connectivity index (χ0n) is 9.12. The van der Waals surface area contributed by atoms with Crippen LogP contribution in [0.4, 0.5) is 0 Å². The van der Waals surface area contributed by atoms with Gasteiger partial charge in [0.2, 0.25) is 0 Å². The molecule has 4 nitrogen and oxygen atoms in total. The molecule has 4 heteroatoms. The van der Waals surface area contributed by atoms with Crippen LogP contribution in [-0.4, -0.2) is 29.7 Å². The van der Waals surface area contributed by atoms with Crippen LogP contribution >= 0.6 is 0 Å². The number of nitrogens with one attached hydrogen (secondary N) is 1. The summed E-state index contributed by atoms with van der Waals surface area (Å²) in [5, 5.41) is 7.65. The van der Waals surface area contributed by atoms with Gasteiger partial charge in [0.1, 0.15) is 11.5 Å². The lowest BCUT2D eigenvalue weighted by Gasteiger charge is -2.21. The van der Waals surface area contributed by atoms with Crippen molar-refractivity contribution in [1.29, 1.82) is 0 Å². The lowest BCUT2D eigenvalue weighted by molar-refractivity contribution is 0.281. The molecule has 82 valence electrons. The summed E-state index contributed by atoms with van der Waals surface area (Å²) in [5.74, 6) is 1.10. The highest BCUT2D eigenvalue weighted by molar-refractivity contribution is 5.25. The zero-order chi connectivity index (χ0) is 10.3. The summed E-state index contributed by atoms with van der Waals surface area (Å²) in [7, 11) is 2.15. The van der Waals surface area contributed by atoms with Gasteiger partial charge in [-0.1, -0.05) is 5.16 Å². The van der Waals surface area contributed by atoms with Crippen molar-refractivity contribution in [2.45, 2.75) is 38.4 Å². The van der Waals surface area contributed by atoms with E-state index in [4.69, 9.17) is 4.52 Å². The van der Waals surface area contributed by atoms with Crippen molar-refractivity contribution < 1.29 is 4.52 Å². The second kappa shape index (κ2) is 3.61. The van der Waals surface area contributed by atoms with E-state index in [1.54, 1.807) is 0 Å². The molecule has 3 rings (SSSR count). The summed E-state index contributed by atoms with van der Waals surface area (Å²) in [4.78, 5) is 2.32. The summed E-state index contributed by atoms with van der Waals surface area (Å²) >= 11 is 0. The maximum Gasteiger partial charge on any atom is 0.142 e. The Morgan fingerprint density at radius 3 is 3.20 bits per heavy atom. The summed E-state index contributed by atoms with van der Waals surface area (Å²) in [6, 6.07) is 0.735. The summed E-state index contributed by atoms with van der Waals surface area (Å²) < 4.78 is 5.37. The van der Waals surface area contributed by atoms with Crippen molar-refractivity contribution in [2.24, 2.45) is 0 Å². The predicted molar refractivity (Wildman–Crippen MR) is 56.4 cm³/mol. The van der Waals surface area contributed by atoms with Crippen molar-refractivity contribution in [1.82, 2.24) is 15.4 Å². The number of hydrogen-bond acceptors (Lipinski definition) is 4. The van der Waals surface area contributed by atoms with Crippen molar-refractivity contribution >= 4 is 0 Å². The molecule has 0 atom stereocenters. The molecule has 1 N–H and O–H groups in total. The van der Waals surface area contributed by atoms with Crippen LogP contribution in [-0.2, 0) is 19.5 Å². The van der Waals surface area contributed by atoms with Gasteiger partial charge in [-0.05, 0) is 19.9 Å². The Morgan fingerprint density at radius 1 is 1.53 bits per heavy atom. The van der Waals surface area contributed by atoms with Gasteiger partial charge in [-0.2, -0.15) is 0 Å². The first kappa shape index (κ1) is 9.36. The molecular weight excluding hydrogens is 190 g/mol. The first-order valence-corrected chi connectivity index (χ1v) is 5.71. The average Bonchev–Trinajstić information content (AvgIpc) is 2.97. The molecule has 0 radical (unpaired) electrons. The van der Waals surface area contributed by atoms with Gasteiger partial charge >= 0.3 is 0 Å². The molecule has 1 aromatic heterocycles. The van der Waals surface area contributed by atoms with E-state index in [1.807, 2.05) is 0 Å². The summed E-state index contributed by atoms with van der Waals surface area (Å²) in [5.41, 5.74) is 2.43. The van der Waals surface area contributed by atoms with E-state index in [0.717, 1.165) is 43.6 Å². The fourth-order valence-corrected chi connectivity index (χ4v) is 2.07. The topological polar surface area (TPSA) is 41.3 Å². The van der Waals surface area contributed by atoms with E-state index < -0.39 is 0 Å². The monoisotopic (exact) mass is 207 g/mol. The van der Waals surface area contributed by atoms with Crippen LogP contribution in [0.3, 0.4) is 0 Å². The van der Waals surface area contributed by atoms with E-state index in [0.29, 0.717) is 0 Å². The zero-order valence-corrected chi connectivity index (χ0v) is 9.12. The van der Waals surface area contributed by atoms with Crippen LogP contribution in [0.5, 0.6) is 0 Å². The van der Waals surface area contributed by atoms with E-state index in [-0.39, 0.29) is 0 Å². The van der Waals surface area contributed by atoms with Gasteiger partial charge in [0.25, 0.3) is 0 Å². The normalized spacial score (nSPS) is 21.7. The molecule has 0 spiro atoms. The van der Waals surface area contributed by atoms with E-state index >= 15 is 0 Å². The summed E-state index contributed by atoms with van der Waals surface area (Å²) in [6.45, 7) is 2.94. The Balaban J connectivity index is 1.73. The number of rotatable bonds is 3. The molecule has 1 aliphatic carbocycles. The minimum absolute atomic E-state index is 0.735. The van der Waals surface area contributed by atoms with Crippen LogP contribution in [0.25, 0.3) is 0 Å². The molecule has 0 saturated heterocycles. The van der Waals surface area contributed by atoms with Crippen LogP contribution < -0.4 is 5.32 Å². The Labute approximate surface area is 89.6 Å². The molecule has 1 aromatic rings. The molecular formula is C11H17N3O. The quantitative estimate of drug-likeness (QED) is 0.800. The first-order chi connectivity index (χ1) is 7.33. The average molecular weight is 207 g/mol. The third-order valence-electron chi connectivity index (χ3n) is 3.24. The van der Waals surface area contributed by atoms with E-state index in [2.05, 4.69) is 22.4 Å². The molecule has 2 aliphatic rings. The SMILES string of the molecule is CN1CCc2onc(CNC3CC3)c2C1. The maximum absolute atomic E-state index is 5.37. The Bertz CT molecular complexity index is 357. The van der Waals surface area contributed by atoms with Gasteiger partial charge in [-0.3, -0.25) is 0 Å². The largest absolute Gasteiger partial charge is 0.361 e. The highest BCUT2D eigenvalue weighted by Gasteiger charge is 2.24. The molecule has 0 unspecified atom stereocenters. The maximum atomic E-state index is 5.37. The van der Waals surface area contributed by atoms with Gasteiger partial charge in [0.05, 0.1) is 0 Å². The number of aromatic nitrogens is 1. The lowest BCUT2D eigenvalue weighted by Crippen LogP contribution is -2.27. The minimum atomic E-state index is 0.735. The van der Waals surface area contributed by atoms with Gasteiger partial charge in [-0.15, -0.1) is 0 Å². The second-order valence-electron chi connectivity index (χ2n) is 4.67. The smallest absolute Gasteiger partial charge is 0.142 e. The van der Waals surface area contributed by atoms with E-state index in [1.165, 1.54) is 18.4 Å². The Hall–Kier alpha value is -0.870. The molecule has 0 aromatic carbocycles. The first-order valence-electron chi connectivity index (χ1n) is 5.71. The van der Waals surface area contributed by atoms with Gasteiger partial charge < -0.3 is 14.7 Å². The Kier molecular flexibility index (Phi) is 2.25.